The van der Waals surface area contributed by atoms with Gasteiger partial charge in [0.25, 0.3) is 5.56 Å². The molecular formula is C9H10BrN3O3. The Hall–Kier alpha value is -1.37. The lowest BCUT2D eigenvalue weighted by molar-refractivity contribution is -0.117. The van der Waals surface area contributed by atoms with Crippen LogP contribution in [0.4, 0.5) is 5.82 Å². The van der Waals surface area contributed by atoms with Crippen LogP contribution in [0.5, 0.6) is 0 Å². The molecule has 0 aliphatic carbocycles. The Kier molecular flexibility index (Phi) is 2.95. The van der Waals surface area contributed by atoms with Crippen LogP contribution in [-0.4, -0.2) is 27.7 Å². The molecule has 1 unspecified atom stereocenters. The van der Waals surface area contributed by atoms with E-state index in [-0.39, 0.29) is 17.6 Å². The minimum atomic E-state index is -0.599. The predicted molar refractivity (Wildman–Crippen MR) is 61.9 cm³/mol. The molecule has 1 fully saturated rings. The monoisotopic (exact) mass is 287 g/mol. The highest BCUT2D eigenvalue weighted by Gasteiger charge is 2.30. The van der Waals surface area contributed by atoms with Gasteiger partial charge in [-0.3, -0.25) is 24.5 Å². The maximum Gasteiger partial charge on any atom is 0.327 e. The molecule has 2 heterocycles. The number of halogens is 1. The molecule has 1 amide bonds. The molecule has 2 N–H and O–H groups in total. The summed E-state index contributed by atoms with van der Waals surface area (Å²) in [6, 6.07) is 1.22. The third-order valence-electron chi connectivity index (χ3n) is 2.46. The number of hydrogen-bond donors (Lipinski definition) is 2. The van der Waals surface area contributed by atoms with Crippen LogP contribution in [0.15, 0.2) is 15.7 Å². The number of nitrogens with zero attached hydrogens (tertiary/aromatic N) is 1. The van der Waals surface area contributed by atoms with E-state index in [0.29, 0.717) is 13.0 Å². The second-order valence-electron chi connectivity index (χ2n) is 3.70. The number of H-pyrrole nitrogens is 2. The van der Waals surface area contributed by atoms with Crippen molar-refractivity contribution in [2.75, 3.05) is 16.8 Å². The van der Waals surface area contributed by atoms with E-state index in [1.54, 1.807) is 0 Å². The number of nitrogens with one attached hydrogen (secondary N) is 2. The highest BCUT2D eigenvalue weighted by atomic mass is 79.9. The van der Waals surface area contributed by atoms with Crippen LogP contribution in [0.1, 0.15) is 6.42 Å². The van der Waals surface area contributed by atoms with Crippen molar-refractivity contribution in [2.24, 2.45) is 5.92 Å². The fourth-order valence-electron chi connectivity index (χ4n) is 1.72. The number of aromatic nitrogens is 2. The van der Waals surface area contributed by atoms with Crippen LogP contribution in [-0.2, 0) is 4.79 Å². The van der Waals surface area contributed by atoms with Gasteiger partial charge in [0.1, 0.15) is 5.82 Å². The average molecular weight is 288 g/mol. The van der Waals surface area contributed by atoms with Crippen molar-refractivity contribution in [3.63, 3.8) is 0 Å². The largest absolute Gasteiger partial charge is 0.327 e. The van der Waals surface area contributed by atoms with E-state index in [9.17, 15) is 14.4 Å². The fourth-order valence-corrected chi connectivity index (χ4v) is 2.15. The Morgan fingerprint density at radius 3 is 2.69 bits per heavy atom. The topological polar surface area (TPSA) is 86.0 Å². The summed E-state index contributed by atoms with van der Waals surface area (Å²) in [6.07, 6.45) is 0.431. The van der Waals surface area contributed by atoms with Gasteiger partial charge in [0.05, 0.1) is 0 Å². The molecule has 1 saturated heterocycles. The number of carbonyl (C=O) groups is 1. The van der Waals surface area contributed by atoms with E-state index in [4.69, 9.17) is 0 Å². The quantitative estimate of drug-likeness (QED) is 0.740. The fraction of sp³-hybridized carbons (Fsp3) is 0.444. The summed E-state index contributed by atoms with van der Waals surface area (Å²) >= 11 is 3.31. The number of anilines is 1. The second kappa shape index (κ2) is 4.25. The molecule has 0 radical (unpaired) electrons. The summed E-state index contributed by atoms with van der Waals surface area (Å²) in [7, 11) is 0. The van der Waals surface area contributed by atoms with Gasteiger partial charge in [-0.25, -0.2) is 4.79 Å². The van der Waals surface area contributed by atoms with Crippen LogP contribution >= 0.6 is 15.9 Å². The van der Waals surface area contributed by atoms with E-state index in [0.717, 1.165) is 5.33 Å². The first-order valence-electron chi connectivity index (χ1n) is 4.80. The molecule has 1 aliphatic rings. The van der Waals surface area contributed by atoms with Crippen LogP contribution in [0.3, 0.4) is 0 Å². The third-order valence-corrected chi connectivity index (χ3v) is 3.38. The molecule has 86 valence electrons. The molecule has 7 heteroatoms. The van der Waals surface area contributed by atoms with Gasteiger partial charge < -0.3 is 0 Å². The van der Waals surface area contributed by atoms with Gasteiger partial charge in [-0.1, -0.05) is 15.9 Å². The van der Waals surface area contributed by atoms with Gasteiger partial charge in [-0.2, -0.15) is 0 Å². The van der Waals surface area contributed by atoms with Gasteiger partial charge in [0, 0.05) is 24.4 Å². The van der Waals surface area contributed by atoms with Crippen molar-refractivity contribution < 1.29 is 4.79 Å². The molecule has 1 aromatic rings. The number of amides is 1. The molecule has 2 rings (SSSR count). The van der Waals surface area contributed by atoms with Gasteiger partial charge in [0.2, 0.25) is 5.91 Å². The van der Waals surface area contributed by atoms with E-state index in [1.165, 1.54) is 11.0 Å². The molecule has 0 aromatic carbocycles. The third kappa shape index (κ3) is 2.08. The summed E-state index contributed by atoms with van der Waals surface area (Å²) in [5.74, 6) is 0.406. The minimum Gasteiger partial charge on any atom is -0.298 e. The summed E-state index contributed by atoms with van der Waals surface area (Å²) in [5.41, 5.74) is -1.11. The first-order chi connectivity index (χ1) is 7.60. The number of aromatic amines is 2. The normalized spacial score (nSPS) is 20.4. The molecule has 1 aliphatic heterocycles. The number of hydrogen-bond acceptors (Lipinski definition) is 3. The standard InChI is InChI=1S/C9H10BrN3O3/c10-3-5-1-8(15)13(4-5)6-2-7(14)12-9(16)11-6/h2,5H,1,3-4H2,(H2,11,12,14,16). The van der Waals surface area contributed by atoms with Crippen molar-refractivity contribution in [3.05, 3.63) is 26.9 Å². The Morgan fingerprint density at radius 2 is 2.12 bits per heavy atom. The van der Waals surface area contributed by atoms with Crippen molar-refractivity contribution in [1.82, 2.24) is 9.97 Å². The van der Waals surface area contributed by atoms with Crippen molar-refractivity contribution >= 4 is 27.7 Å². The highest BCUT2D eigenvalue weighted by Crippen LogP contribution is 2.22. The smallest absolute Gasteiger partial charge is 0.298 e. The SMILES string of the molecule is O=C1CC(CBr)CN1c1cc(=O)[nH]c(=O)[nH]1. The molecule has 0 saturated carbocycles. The number of alkyl halides is 1. The van der Waals surface area contributed by atoms with Crippen LogP contribution in [0, 0.1) is 5.92 Å². The molecule has 6 nitrogen and oxygen atoms in total. The Morgan fingerprint density at radius 1 is 1.38 bits per heavy atom. The first kappa shape index (κ1) is 11.1. The highest BCUT2D eigenvalue weighted by molar-refractivity contribution is 9.09. The Labute approximate surface area is 98.8 Å². The molecule has 1 aromatic heterocycles. The molecule has 0 spiro atoms. The molecule has 0 bridgehead atoms. The summed E-state index contributed by atoms with van der Waals surface area (Å²) in [4.78, 5) is 39.7. The molecule has 1 atom stereocenters. The van der Waals surface area contributed by atoms with E-state index < -0.39 is 11.2 Å². The zero-order valence-electron chi connectivity index (χ0n) is 8.33. The predicted octanol–water partition coefficient (Wildman–Crippen LogP) is -0.189. The van der Waals surface area contributed by atoms with Crippen molar-refractivity contribution in [3.8, 4) is 0 Å². The van der Waals surface area contributed by atoms with Crippen LogP contribution in [0.2, 0.25) is 0 Å². The van der Waals surface area contributed by atoms with Gasteiger partial charge in [-0.05, 0) is 5.92 Å². The van der Waals surface area contributed by atoms with E-state index in [2.05, 4.69) is 25.9 Å². The van der Waals surface area contributed by atoms with Gasteiger partial charge >= 0.3 is 5.69 Å². The van der Waals surface area contributed by atoms with Crippen LogP contribution < -0.4 is 16.1 Å². The lowest BCUT2D eigenvalue weighted by Crippen LogP contribution is -2.31. The zero-order valence-corrected chi connectivity index (χ0v) is 9.91. The minimum absolute atomic E-state index is 0.0781. The molecular weight excluding hydrogens is 278 g/mol. The second-order valence-corrected chi connectivity index (χ2v) is 4.35. The lowest BCUT2D eigenvalue weighted by atomic mass is 10.2. The maximum absolute atomic E-state index is 11.6. The maximum atomic E-state index is 11.6. The summed E-state index contributed by atoms with van der Waals surface area (Å²) in [6.45, 7) is 0.517. The van der Waals surface area contributed by atoms with Gasteiger partial charge in [-0.15, -0.1) is 0 Å². The summed E-state index contributed by atoms with van der Waals surface area (Å²) < 4.78 is 0. The number of rotatable bonds is 2. The lowest BCUT2D eigenvalue weighted by Gasteiger charge is -2.14. The first-order valence-corrected chi connectivity index (χ1v) is 5.92. The number of carbonyl (C=O) groups excluding carboxylic acids is 1. The average Bonchev–Trinajstić information content (AvgIpc) is 2.58. The zero-order chi connectivity index (χ0) is 11.7. The van der Waals surface area contributed by atoms with Gasteiger partial charge in [0.15, 0.2) is 0 Å². The van der Waals surface area contributed by atoms with E-state index >= 15 is 0 Å². The van der Waals surface area contributed by atoms with Crippen molar-refractivity contribution in [2.45, 2.75) is 6.42 Å². The Bertz CT molecular complexity index is 493. The Balaban J connectivity index is 2.34. The van der Waals surface area contributed by atoms with E-state index in [1.807, 2.05) is 0 Å². The van der Waals surface area contributed by atoms with Crippen molar-refractivity contribution in [1.29, 1.82) is 0 Å². The summed E-state index contributed by atoms with van der Waals surface area (Å²) in [5, 5.41) is 0.725. The van der Waals surface area contributed by atoms with Crippen LogP contribution in [0.25, 0.3) is 0 Å². The molecule has 16 heavy (non-hydrogen) atoms.